The van der Waals surface area contributed by atoms with E-state index in [2.05, 4.69) is 38.2 Å². The fraction of sp³-hybridized carbons (Fsp3) is 0.846. The molecule has 0 aromatic carbocycles. The summed E-state index contributed by atoms with van der Waals surface area (Å²) in [5, 5.41) is 9.22. The highest BCUT2D eigenvalue weighted by Crippen LogP contribution is 2.17. The topological polar surface area (TPSA) is 63.6 Å². The van der Waals surface area contributed by atoms with Crippen molar-refractivity contribution in [3.05, 3.63) is 24.3 Å². The number of rotatable bonds is 34. The second kappa shape index (κ2) is 34.9. The molecule has 0 fully saturated rings. The first-order valence-electron chi connectivity index (χ1n) is 18.8. The second-order valence-electron chi connectivity index (χ2n) is 12.8. The molecule has 0 saturated heterocycles. The van der Waals surface area contributed by atoms with Gasteiger partial charge in [-0.3, -0.25) is 9.59 Å². The summed E-state index contributed by atoms with van der Waals surface area (Å²) in [6, 6.07) is 0. The lowest BCUT2D eigenvalue weighted by molar-refractivity contribution is -0.153. The zero-order chi connectivity index (χ0) is 31.5. The maximum absolute atomic E-state index is 12.3. The van der Waals surface area contributed by atoms with Gasteiger partial charge in [0.2, 0.25) is 0 Å². The van der Waals surface area contributed by atoms with Crippen molar-refractivity contribution in [2.45, 2.75) is 213 Å². The summed E-state index contributed by atoms with van der Waals surface area (Å²) in [5.41, 5.74) is 0. The fourth-order valence-corrected chi connectivity index (χ4v) is 5.64. The number of ether oxygens (including phenoxy) is 1. The zero-order valence-electron chi connectivity index (χ0n) is 28.8. The molecule has 0 aromatic rings. The summed E-state index contributed by atoms with van der Waals surface area (Å²) in [7, 11) is 0. The predicted octanol–water partition coefficient (Wildman–Crippen LogP) is 12.8. The SMILES string of the molecule is CCCCC/C=C\C/C=C\CCCCCCCCCCCCCC(=O)OC(CCCCCCCCCCCC)CC(=O)O. The molecular weight excluding hydrogens is 532 g/mol. The summed E-state index contributed by atoms with van der Waals surface area (Å²) in [6.45, 7) is 4.50. The van der Waals surface area contributed by atoms with Crippen molar-refractivity contribution < 1.29 is 19.4 Å². The van der Waals surface area contributed by atoms with E-state index in [4.69, 9.17) is 4.74 Å². The summed E-state index contributed by atoms with van der Waals surface area (Å²) >= 11 is 0. The minimum absolute atomic E-state index is 0.0721. The predicted molar refractivity (Wildman–Crippen MR) is 186 cm³/mol. The third kappa shape index (κ3) is 34.8. The van der Waals surface area contributed by atoms with Crippen LogP contribution in [-0.2, 0) is 14.3 Å². The van der Waals surface area contributed by atoms with E-state index in [1.54, 1.807) is 0 Å². The molecule has 43 heavy (non-hydrogen) atoms. The Morgan fingerprint density at radius 2 is 0.930 bits per heavy atom. The van der Waals surface area contributed by atoms with Crippen LogP contribution in [0, 0.1) is 0 Å². The molecular formula is C39H72O4. The van der Waals surface area contributed by atoms with Gasteiger partial charge in [-0.15, -0.1) is 0 Å². The van der Waals surface area contributed by atoms with E-state index in [0.717, 1.165) is 32.1 Å². The molecule has 1 unspecified atom stereocenters. The van der Waals surface area contributed by atoms with Crippen molar-refractivity contribution in [3.63, 3.8) is 0 Å². The molecule has 0 aliphatic heterocycles. The fourth-order valence-electron chi connectivity index (χ4n) is 5.64. The number of aliphatic carboxylic acids is 1. The molecule has 0 radical (unpaired) electrons. The van der Waals surface area contributed by atoms with Crippen LogP contribution in [0.2, 0.25) is 0 Å². The Morgan fingerprint density at radius 3 is 1.42 bits per heavy atom. The Labute approximate surface area is 267 Å². The van der Waals surface area contributed by atoms with Gasteiger partial charge in [0.1, 0.15) is 6.10 Å². The minimum Gasteiger partial charge on any atom is -0.481 e. The lowest BCUT2D eigenvalue weighted by Crippen LogP contribution is -2.21. The van der Waals surface area contributed by atoms with E-state index in [-0.39, 0.29) is 12.4 Å². The molecule has 0 aliphatic carbocycles. The number of unbranched alkanes of at least 4 members (excludes halogenated alkanes) is 23. The number of esters is 1. The van der Waals surface area contributed by atoms with Crippen molar-refractivity contribution in [2.75, 3.05) is 0 Å². The lowest BCUT2D eigenvalue weighted by Gasteiger charge is -2.16. The van der Waals surface area contributed by atoms with Crippen LogP contribution in [0.3, 0.4) is 0 Å². The normalized spacial score (nSPS) is 12.4. The first-order valence-corrected chi connectivity index (χ1v) is 18.8. The molecule has 0 aliphatic rings. The highest BCUT2D eigenvalue weighted by atomic mass is 16.5. The van der Waals surface area contributed by atoms with Crippen LogP contribution in [-0.4, -0.2) is 23.1 Å². The quantitative estimate of drug-likeness (QED) is 0.0451. The van der Waals surface area contributed by atoms with E-state index >= 15 is 0 Å². The zero-order valence-corrected chi connectivity index (χ0v) is 28.8. The average molecular weight is 605 g/mol. The van der Waals surface area contributed by atoms with Gasteiger partial charge in [-0.25, -0.2) is 0 Å². The maximum Gasteiger partial charge on any atom is 0.307 e. The molecule has 0 heterocycles. The molecule has 252 valence electrons. The molecule has 1 N–H and O–H groups in total. The number of carboxylic acid groups (broad SMARTS) is 1. The van der Waals surface area contributed by atoms with Crippen LogP contribution in [0.1, 0.15) is 206 Å². The monoisotopic (exact) mass is 605 g/mol. The van der Waals surface area contributed by atoms with E-state index < -0.39 is 12.1 Å². The van der Waals surface area contributed by atoms with Gasteiger partial charge in [-0.1, -0.05) is 167 Å². The van der Waals surface area contributed by atoms with E-state index in [0.29, 0.717) is 12.8 Å². The van der Waals surface area contributed by atoms with Crippen LogP contribution < -0.4 is 0 Å². The molecule has 4 heteroatoms. The van der Waals surface area contributed by atoms with Crippen LogP contribution in [0.5, 0.6) is 0 Å². The van der Waals surface area contributed by atoms with Crippen molar-refractivity contribution >= 4 is 11.9 Å². The number of carbonyl (C=O) groups excluding carboxylic acids is 1. The van der Waals surface area contributed by atoms with Crippen LogP contribution in [0.15, 0.2) is 24.3 Å². The third-order valence-corrected chi connectivity index (χ3v) is 8.41. The summed E-state index contributed by atoms with van der Waals surface area (Å²) in [5.74, 6) is -1.10. The lowest BCUT2D eigenvalue weighted by atomic mass is 10.0. The Bertz CT molecular complexity index is 654. The average Bonchev–Trinajstić information content (AvgIpc) is 2.98. The van der Waals surface area contributed by atoms with Gasteiger partial charge in [-0.05, 0) is 51.4 Å². The largest absolute Gasteiger partial charge is 0.481 e. The van der Waals surface area contributed by atoms with Gasteiger partial charge in [-0.2, -0.15) is 0 Å². The number of allylic oxidation sites excluding steroid dienone is 4. The highest BCUT2D eigenvalue weighted by molar-refractivity contribution is 5.71. The van der Waals surface area contributed by atoms with Crippen LogP contribution in [0.4, 0.5) is 0 Å². The van der Waals surface area contributed by atoms with Crippen LogP contribution in [0.25, 0.3) is 0 Å². The molecule has 0 saturated carbocycles. The molecule has 0 aromatic heterocycles. The van der Waals surface area contributed by atoms with Gasteiger partial charge in [0, 0.05) is 6.42 Å². The molecule has 1 atom stereocenters. The van der Waals surface area contributed by atoms with E-state index in [1.807, 2.05) is 0 Å². The number of hydrogen-bond acceptors (Lipinski definition) is 3. The number of carboxylic acids is 1. The highest BCUT2D eigenvalue weighted by Gasteiger charge is 2.17. The van der Waals surface area contributed by atoms with Crippen molar-refractivity contribution in [1.29, 1.82) is 0 Å². The summed E-state index contributed by atoms with van der Waals surface area (Å²) in [4.78, 5) is 23.5. The first kappa shape index (κ1) is 41.4. The van der Waals surface area contributed by atoms with E-state index in [1.165, 1.54) is 141 Å². The van der Waals surface area contributed by atoms with Crippen LogP contribution >= 0.6 is 0 Å². The van der Waals surface area contributed by atoms with E-state index in [9.17, 15) is 14.7 Å². The van der Waals surface area contributed by atoms with Crippen molar-refractivity contribution in [3.8, 4) is 0 Å². The van der Waals surface area contributed by atoms with Gasteiger partial charge in [0.05, 0.1) is 6.42 Å². The Kier molecular flexibility index (Phi) is 33.6. The molecule has 0 bridgehead atoms. The smallest absolute Gasteiger partial charge is 0.307 e. The van der Waals surface area contributed by atoms with Crippen molar-refractivity contribution in [2.24, 2.45) is 0 Å². The summed E-state index contributed by atoms with van der Waals surface area (Å²) < 4.78 is 5.56. The minimum atomic E-state index is -0.881. The maximum atomic E-state index is 12.3. The first-order chi connectivity index (χ1) is 21.1. The van der Waals surface area contributed by atoms with Gasteiger partial charge < -0.3 is 9.84 Å². The number of hydrogen-bond donors (Lipinski definition) is 1. The Balaban J connectivity index is 3.59. The Hall–Kier alpha value is -1.58. The molecule has 0 rings (SSSR count). The van der Waals surface area contributed by atoms with Gasteiger partial charge in [0.25, 0.3) is 0 Å². The summed E-state index contributed by atoms with van der Waals surface area (Å²) in [6.07, 6.45) is 43.5. The molecule has 0 amide bonds. The van der Waals surface area contributed by atoms with Gasteiger partial charge in [0.15, 0.2) is 0 Å². The van der Waals surface area contributed by atoms with Crippen molar-refractivity contribution in [1.82, 2.24) is 0 Å². The second-order valence-corrected chi connectivity index (χ2v) is 12.8. The molecule has 0 spiro atoms. The molecule has 4 nitrogen and oxygen atoms in total. The standard InChI is InChI=1S/C39H72O4/c1-3-5-7-9-11-13-15-16-17-18-19-20-21-22-23-24-25-27-29-31-33-35-39(42)43-37(36-38(40)41)34-32-30-28-26-14-12-10-8-6-4-2/h11,13,16-17,37H,3-10,12,14-15,18-36H2,1-2H3,(H,40,41)/b13-11-,17-16-. The third-order valence-electron chi connectivity index (χ3n) is 8.41. The number of carbonyl (C=O) groups is 2. The Morgan fingerprint density at radius 1 is 0.535 bits per heavy atom. The van der Waals surface area contributed by atoms with Gasteiger partial charge >= 0.3 is 11.9 Å².